The number of anilines is 1. The van der Waals surface area contributed by atoms with E-state index in [0.29, 0.717) is 17.8 Å². The smallest absolute Gasteiger partial charge is 0.210 e. The Labute approximate surface area is 155 Å². The summed E-state index contributed by atoms with van der Waals surface area (Å²) < 4.78 is 6.79. The Morgan fingerprint density at radius 3 is 2.04 bits per heavy atom. The molecule has 7 rings (SSSR count). The summed E-state index contributed by atoms with van der Waals surface area (Å²) in [5.41, 5.74) is 8.05. The topological polar surface area (TPSA) is 53.7 Å². The van der Waals surface area contributed by atoms with Gasteiger partial charge in [0.2, 0.25) is 11.6 Å². The van der Waals surface area contributed by atoms with Crippen molar-refractivity contribution in [2.45, 2.75) is 75.3 Å². The molecule has 1 saturated heterocycles. The van der Waals surface area contributed by atoms with Crippen molar-refractivity contribution in [2.24, 2.45) is 23.7 Å². The molecule has 0 amide bonds. The molecule has 1 aliphatic heterocycles. The maximum absolute atomic E-state index is 6.79. The highest BCUT2D eigenvalue weighted by molar-refractivity contribution is 5.40. The van der Waals surface area contributed by atoms with Crippen LogP contribution in [0.4, 0.5) is 5.69 Å². The van der Waals surface area contributed by atoms with Gasteiger partial charge in [-0.3, -0.25) is 0 Å². The Bertz CT molecular complexity index is 664. The number of nitrogens with two attached hydrogens (primary N) is 1. The molecule has 140 valence electrons. The summed E-state index contributed by atoms with van der Waals surface area (Å²) in [5.74, 6) is 2.56. The third-order valence-corrected chi connectivity index (χ3v) is 8.10. The van der Waals surface area contributed by atoms with Crippen LogP contribution in [0.1, 0.15) is 69.3 Å². The van der Waals surface area contributed by atoms with Gasteiger partial charge in [0.15, 0.2) is 0 Å². The van der Waals surface area contributed by atoms with Crippen LogP contribution >= 0.6 is 0 Å². The van der Waals surface area contributed by atoms with Gasteiger partial charge in [0.25, 0.3) is 0 Å². The summed E-state index contributed by atoms with van der Waals surface area (Å²) >= 11 is 0. The molecule has 5 saturated carbocycles. The maximum Gasteiger partial charge on any atom is 0.210 e. The lowest BCUT2D eigenvalue weighted by Crippen LogP contribution is -2.59. The predicted octanol–water partition coefficient (Wildman–Crippen LogP) is 4.75. The van der Waals surface area contributed by atoms with Gasteiger partial charge in [-0.15, -0.1) is 0 Å². The molecule has 0 aromatic heterocycles. The summed E-state index contributed by atoms with van der Waals surface area (Å²) in [4.78, 5) is 12.2. The van der Waals surface area contributed by atoms with E-state index in [1.807, 2.05) is 12.1 Å². The average Bonchev–Trinajstić information content (AvgIpc) is 3.01. The standard InChI is InChI=1S/C22H29NO3/c23-20-3-1-16(2-4-20)17-5-7-21(8-6-17)24-22(26-25-21)18-10-14-9-15(12-18)13-19(22)11-14/h1-4,14-15,17-19H,5-13,23H2. The van der Waals surface area contributed by atoms with Crippen LogP contribution in [0, 0.1) is 23.7 Å². The summed E-state index contributed by atoms with van der Waals surface area (Å²) in [6.07, 6.45) is 10.6. The largest absolute Gasteiger partial charge is 0.399 e. The summed E-state index contributed by atoms with van der Waals surface area (Å²) in [6.45, 7) is 0. The van der Waals surface area contributed by atoms with Crippen molar-refractivity contribution >= 4 is 5.69 Å². The summed E-state index contributed by atoms with van der Waals surface area (Å²) in [6, 6.07) is 8.36. The first-order chi connectivity index (χ1) is 12.6. The molecule has 1 heterocycles. The van der Waals surface area contributed by atoms with E-state index in [-0.39, 0.29) is 0 Å². The average molecular weight is 355 g/mol. The van der Waals surface area contributed by atoms with Crippen molar-refractivity contribution < 1.29 is 14.5 Å². The number of nitrogen functional groups attached to an aromatic ring is 1. The normalized spacial score (nSPS) is 49.3. The molecule has 1 aromatic rings. The number of hydrogen-bond acceptors (Lipinski definition) is 4. The van der Waals surface area contributed by atoms with Crippen LogP contribution in [0.15, 0.2) is 24.3 Å². The number of benzene rings is 1. The maximum atomic E-state index is 6.79. The van der Waals surface area contributed by atoms with Crippen molar-refractivity contribution in [3.8, 4) is 0 Å². The molecule has 4 heteroatoms. The fraction of sp³-hybridized carbons (Fsp3) is 0.727. The minimum atomic E-state index is -0.500. The van der Waals surface area contributed by atoms with E-state index in [0.717, 1.165) is 43.2 Å². The fourth-order valence-electron chi connectivity index (χ4n) is 6.95. The van der Waals surface area contributed by atoms with Gasteiger partial charge in [0, 0.05) is 30.4 Å². The second-order valence-corrected chi connectivity index (χ2v) is 9.65. The monoisotopic (exact) mass is 355 g/mol. The molecule has 6 aliphatic rings. The molecule has 1 aromatic carbocycles. The molecule has 4 bridgehead atoms. The Balaban J connectivity index is 1.18. The van der Waals surface area contributed by atoms with Gasteiger partial charge >= 0.3 is 0 Å². The minimum absolute atomic E-state index is 0.429. The van der Waals surface area contributed by atoms with E-state index in [4.69, 9.17) is 20.2 Å². The molecule has 26 heavy (non-hydrogen) atoms. The molecular formula is C22H29NO3. The van der Waals surface area contributed by atoms with Gasteiger partial charge < -0.3 is 10.5 Å². The molecule has 0 unspecified atom stereocenters. The Hall–Kier alpha value is -1.10. The van der Waals surface area contributed by atoms with Crippen LogP contribution in [0.2, 0.25) is 0 Å². The number of hydrogen-bond donors (Lipinski definition) is 1. The van der Waals surface area contributed by atoms with E-state index in [1.54, 1.807) is 0 Å². The SMILES string of the molecule is Nc1ccc(C2CCC3(CC2)OOC2(O3)C3CC4CC(C3)CC2C4)cc1. The first-order valence-corrected chi connectivity index (χ1v) is 10.6. The van der Waals surface area contributed by atoms with Crippen LogP contribution in [0.25, 0.3) is 0 Å². The van der Waals surface area contributed by atoms with Gasteiger partial charge in [-0.05, 0) is 80.4 Å². The van der Waals surface area contributed by atoms with Crippen molar-refractivity contribution in [1.29, 1.82) is 0 Å². The Morgan fingerprint density at radius 1 is 0.808 bits per heavy atom. The number of rotatable bonds is 1. The second kappa shape index (κ2) is 5.46. The van der Waals surface area contributed by atoms with Crippen LogP contribution in [0.3, 0.4) is 0 Å². The van der Waals surface area contributed by atoms with Crippen molar-refractivity contribution in [3.05, 3.63) is 29.8 Å². The quantitative estimate of drug-likeness (QED) is 0.583. The zero-order valence-corrected chi connectivity index (χ0v) is 15.4. The molecule has 2 spiro atoms. The minimum Gasteiger partial charge on any atom is -0.399 e. The summed E-state index contributed by atoms with van der Waals surface area (Å²) in [7, 11) is 0. The number of ether oxygens (including phenoxy) is 1. The lowest BCUT2D eigenvalue weighted by molar-refractivity contribution is -0.390. The molecule has 0 atom stereocenters. The van der Waals surface area contributed by atoms with Crippen molar-refractivity contribution in [2.75, 3.05) is 5.73 Å². The highest BCUT2D eigenvalue weighted by Gasteiger charge is 2.66. The lowest BCUT2D eigenvalue weighted by Gasteiger charge is -2.57. The fourth-order valence-corrected chi connectivity index (χ4v) is 6.95. The second-order valence-electron chi connectivity index (χ2n) is 9.65. The van der Waals surface area contributed by atoms with E-state index < -0.39 is 11.6 Å². The summed E-state index contributed by atoms with van der Waals surface area (Å²) in [5, 5.41) is 0. The predicted molar refractivity (Wildman–Crippen MR) is 97.8 cm³/mol. The Kier molecular flexibility index (Phi) is 3.34. The Morgan fingerprint density at radius 2 is 1.42 bits per heavy atom. The zero-order chi connectivity index (χ0) is 17.4. The molecular weight excluding hydrogens is 326 g/mol. The van der Waals surface area contributed by atoms with E-state index in [9.17, 15) is 0 Å². The molecule has 5 aliphatic carbocycles. The van der Waals surface area contributed by atoms with E-state index in [1.165, 1.54) is 37.7 Å². The van der Waals surface area contributed by atoms with Gasteiger partial charge in [-0.2, -0.15) is 9.78 Å². The third-order valence-electron chi connectivity index (χ3n) is 8.10. The van der Waals surface area contributed by atoms with E-state index >= 15 is 0 Å². The highest BCUT2D eigenvalue weighted by atomic mass is 17.3. The van der Waals surface area contributed by atoms with Gasteiger partial charge in [-0.25, -0.2) is 0 Å². The van der Waals surface area contributed by atoms with Crippen LogP contribution in [-0.2, 0) is 14.5 Å². The van der Waals surface area contributed by atoms with Crippen LogP contribution < -0.4 is 5.73 Å². The van der Waals surface area contributed by atoms with Crippen LogP contribution in [0.5, 0.6) is 0 Å². The van der Waals surface area contributed by atoms with Crippen molar-refractivity contribution in [1.82, 2.24) is 0 Å². The lowest BCUT2D eigenvalue weighted by atomic mass is 9.53. The zero-order valence-electron chi connectivity index (χ0n) is 15.4. The first kappa shape index (κ1) is 15.9. The molecule has 2 N–H and O–H groups in total. The molecule has 0 radical (unpaired) electrons. The van der Waals surface area contributed by atoms with Crippen LogP contribution in [-0.4, -0.2) is 11.6 Å². The highest BCUT2D eigenvalue weighted by Crippen LogP contribution is 2.64. The van der Waals surface area contributed by atoms with Gasteiger partial charge in [-0.1, -0.05) is 12.1 Å². The molecule has 4 nitrogen and oxygen atoms in total. The van der Waals surface area contributed by atoms with E-state index in [2.05, 4.69) is 12.1 Å². The van der Waals surface area contributed by atoms with Gasteiger partial charge in [0.05, 0.1) is 0 Å². The van der Waals surface area contributed by atoms with Crippen molar-refractivity contribution in [3.63, 3.8) is 0 Å². The van der Waals surface area contributed by atoms with Gasteiger partial charge in [0.1, 0.15) is 0 Å². The third kappa shape index (κ3) is 2.25. The molecule has 6 fully saturated rings. The first-order valence-electron chi connectivity index (χ1n) is 10.6.